The highest BCUT2D eigenvalue weighted by atomic mass is 32.2. The van der Waals surface area contributed by atoms with Crippen LogP contribution in [0, 0.1) is 0 Å². The van der Waals surface area contributed by atoms with Crippen LogP contribution in [0.25, 0.3) is 0 Å². The fourth-order valence-electron chi connectivity index (χ4n) is 1.47. The molecule has 0 saturated carbocycles. The molecular weight excluding hydrogens is 299 g/mol. The summed E-state index contributed by atoms with van der Waals surface area (Å²) in [4.78, 5) is 10.7. The van der Waals surface area contributed by atoms with E-state index in [2.05, 4.69) is 4.74 Å². The lowest BCUT2D eigenvalue weighted by Gasteiger charge is -2.13. The molecule has 0 fully saturated rings. The molecule has 1 atom stereocenters. The average molecular weight is 311 g/mol. The van der Waals surface area contributed by atoms with E-state index in [-0.39, 0.29) is 5.56 Å². The van der Waals surface area contributed by atoms with Crippen molar-refractivity contribution < 1.29 is 31.1 Å². The van der Waals surface area contributed by atoms with Gasteiger partial charge in [-0.2, -0.15) is 0 Å². The van der Waals surface area contributed by atoms with Gasteiger partial charge in [-0.3, -0.25) is 4.79 Å². The zero-order valence-electron chi connectivity index (χ0n) is 10.3. The van der Waals surface area contributed by atoms with Crippen LogP contribution in [0.3, 0.4) is 0 Å². The van der Waals surface area contributed by atoms with Crippen LogP contribution in [0.4, 0.5) is 13.2 Å². The summed E-state index contributed by atoms with van der Waals surface area (Å²) in [6.45, 7) is 1.32. The largest absolute Gasteiger partial charge is 0.573 e. The smallest absolute Gasteiger partial charge is 0.406 e. The van der Waals surface area contributed by atoms with Crippen molar-refractivity contribution in [1.29, 1.82) is 0 Å². The second-order valence-corrected chi connectivity index (χ2v) is 6.35. The van der Waals surface area contributed by atoms with Gasteiger partial charge in [0.25, 0.3) is 0 Å². The van der Waals surface area contributed by atoms with E-state index in [1.54, 1.807) is 0 Å². The van der Waals surface area contributed by atoms with Gasteiger partial charge in [-0.25, -0.2) is 8.42 Å². The molecule has 0 aliphatic carbocycles. The first-order valence-corrected chi connectivity index (χ1v) is 7.08. The number of carbonyl (C=O) groups excluding carboxylic acids is 1. The number of alkyl halides is 3. The summed E-state index contributed by atoms with van der Waals surface area (Å²) in [6, 6.07) is 4.37. The molecule has 1 amide bonds. The minimum Gasteiger partial charge on any atom is -0.406 e. The fourth-order valence-corrected chi connectivity index (χ4v) is 2.69. The second-order valence-electron chi connectivity index (χ2n) is 4.03. The van der Waals surface area contributed by atoms with E-state index >= 15 is 0 Å². The van der Waals surface area contributed by atoms with Crippen LogP contribution in [0.15, 0.2) is 24.3 Å². The predicted octanol–water partition coefficient (Wildman–Crippen LogP) is 1.55. The van der Waals surface area contributed by atoms with Crippen LogP contribution in [-0.2, 0) is 14.6 Å². The Kier molecular flexibility index (Phi) is 4.64. The maximum Gasteiger partial charge on any atom is 0.573 e. The normalized spacial score (nSPS) is 13.8. The standard InChI is InChI=1S/C11H12F3NO4S/c1-7(20(17,18)6-10(15)16)8-2-4-9(5-3-8)19-11(12,13)14/h2-5,7H,6H2,1H3,(H2,15,16)/t7-/m1/s1. The summed E-state index contributed by atoms with van der Waals surface area (Å²) in [5.41, 5.74) is 5.06. The van der Waals surface area contributed by atoms with Crippen molar-refractivity contribution in [2.75, 3.05) is 5.75 Å². The minimum atomic E-state index is -4.81. The van der Waals surface area contributed by atoms with E-state index < -0.39 is 38.9 Å². The molecule has 0 saturated heterocycles. The lowest BCUT2D eigenvalue weighted by molar-refractivity contribution is -0.274. The maximum absolute atomic E-state index is 12.0. The molecule has 1 rings (SSSR count). The Morgan fingerprint density at radius 2 is 1.80 bits per heavy atom. The molecular formula is C11H12F3NO4S. The zero-order chi connectivity index (χ0) is 15.6. The summed E-state index contributed by atoms with van der Waals surface area (Å²) in [7, 11) is -3.80. The van der Waals surface area contributed by atoms with Crippen LogP contribution >= 0.6 is 0 Å². The first-order chi connectivity index (χ1) is 9.01. The van der Waals surface area contributed by atoms with Gasteiger partial charge in [0.1, 0.15) is 11.5 Å². The minimum absolute atomic E-state index is 0.237. The second kappa shape index (κ2) is 5.70. The van der Waals surface area contributed by atoms with Gasteiger partial charge in [-0.15, -0.1) is 13.2 Å². The summed E-state index contributed by atoms with van der Waals surface area (Å²) < 4.78 is 63.0. The van der Waals surface area contributed by atoms with Crippen molar-refractivity contribution in [3.8, 4) is 5.75 Å². The number of rotatable bonds is 5. The van der Waals surface area contributed by atoms with Gasteiger partial charge in [0.2, 0.25) is 5.91 Å². The van der Waals surface area contributed by atoms with E-state index in [1.165, 1.54) is 19.1 Å². The number of primary amides is 1. The molecule has 0 aromatic heterocycles. The third-order valence-corrected chi connectivity index (χ3v) is 4.50. The number of benzene rings is 1. The molecule has 0 radical (unpaired) electrons. The quantitative estimate of drug-likeness (QED) is 0.893. The Morgan fingerprint density at radius 1 is 1.30 bits per heavy atom. The van der Waals surface area contributed by atoms with Crippen molar-refractivity contribution in [2.24, 2.45) is 5.73 Å². The fraction of sp³-hybridized carbons (Fsp3) is 0.364. The molecule has 112 valence electrons. The van der Waals surface area contributed by atoms with Gasteiger partial charge in [0.15, 0.2) is 9.84 Å². The number of sulfone groups is 1. The third-order valence-electron chi connectivity index (χ3n) is 2.47. The molecule has 5 nitrogen and oxygen atoms in total. The average Bonchev–Trinajstić information content (AvgIpc) is 2.25. The molecule has 20 heavy (non-hydrogen) atoms. The Morgan fingerprint density at radius 3 is 2.20 bits per heavy atom. The van der Waals surface area contributed by atoms with Crippen molar-refractivity contribution in [1.82, 2.24) is 0 Å². The number of carbonyl (C=O) groups is 1. The van der Waals surface area contributed by atoms with Crippen LogP contribution in [0.5, 0.6) is 5.75 Å². The van der Waals surface area contributed by atoms with Gasteiger partial charge in [-0.1, -0.05) is 12.1 Å². The summed E-state index contributed by atoms with van der Waals surface area (Å²) in [5, 5.41) is -1.06. The van der Waals surface area contributed by atoms with Gasteiger partial charge in [0.05, 0.1) is 5.25 Å². The van der Waals surface area contributed by atoms with Crippen LogP contribution < -0.4 is 10.5 Å². The van der Waals surface area contributed by atoms with Crippen molar-refractivity contribution >= 4 is 15.7 Å². The van der Waals surface area contributed by atoms with E-state index in [9.17, 15) is 26.4 Å². The van der Waals surface area contributed by atoms with E-state index in [4.69, 9.17) is 5.73 Å². The molecule has 9 heteroatoms. The first-order valence-electron chi connectivity index (χ1n) is 5.37. The monoisotopic (exact) mass is 311 g/mol. The highest BCUT2D eigenvalue weighted by molar-refractivity contribution is 7.92. The number of hydrogen-bond donors (Lipinski definition) is 1. The highest BCUT2D eigenvalue weighted by Crippen LogP contribution is 2.27. The van der Waals surface area contributed by atoms with Gasteiger partial charge in [0, 0.05) is 0 Å². The van der Waals surface area contributed by atoms with E-state index in [0.29, 0.717) is 0 Å². The predicted molar refractivity (Wildman–Crippen MR) is 64.5 cm³/mol. The number of halogens is 3. The Bertz CT molecular complexity index is 581. The molecule has 0 spiro atoms. The van der Waals surface area contributed by atoms with Crippen molar-refractivity contribution in [3.05, 3.63) is 29.8 Å². The molecule has 1 aromatic rings. The SMILES string of the molecule is C[C@H](c1ccc(OC(F)(F)F)cc1)S(=O)(=O)CC(N)=O. The maximum atomic E-state index is 12.0. The molecule has 1 aromatic carbocycles. The third kappa shape index (κ3) is 4.72. The molecule has 0 heterocycles. The molecule has 0 aliphatic rings. The lowest BCUT2D eigenvalue weighted by atomic mass is 10.1. The van der Waals surface area contributed by atoms with E-state index in [0.717, 1.165) is 12.1 Å². The Balaban J connectivity index is 2.91. The first kappa shape index (κ1) is 16.3. The number of amides is 1. The van der Waals surface area contributed by atoms with Crippen LogP contribution in [0.1, 0.15) is 17.7 Å². The van der Waals surface area contributed by atoms with Gasteiger partial charge < -0.3 is 10.5 Å². The molecule has 0 unspecified atom stereocenters. The molecule has 0 aliphatic heterocycles. The Labute approximate surface area is 113 Å². The zero-order valence-corrected chi connectivity index (χ0v) is 11.2. The van der Waals surface area contributed by atoms with Crippen molar-refractivity contribution in [2.45, 2.75) is 18.5 Å². The topological polar surface area (TPSA) is 86.5 Å². The van der Waals surface area contributed by atoms with E-state index in [1.807, 2.05) is 0 Å². The summed E-state index contributed by atoms with van der Waals surface area (Å²) >= 11 is 0. The number of ether oxygens (including phenoxy) is 1. The van der Waals surface area contributed by atoms with Gasteiger partial charge in [-0.05, 0) is 24.6 Å². The summed E-state index contributed by atoms with van der Waals surface area (Å²) in [6.07, 6.45) is -4.81. The molecule has 0 bridgehead atoms. The van der Waals surface area contributed by atoms with Gasteiger partial charge >= 0.3 is 6.36 Å². The highest BCUT2D eigenvalue weighted by Gasteiger charge is 2.31. The number of nitrogens with two attached hydrogens (primary N) is 1. The number of hydrogen-bond acceptors (Lipinski definition) is 4. The van der Waals surface area contributed by atoms with Crippen LogP contribution in [0.2, 0.25) is 0 Å². The van der Waals surface area contributed by atoms with Crippen molar-refractivity contribution in [3.63, 3.8) is 0 Å². The Hall–Kier alpha value is -1.77. The summed E-state index contributed by atoms with van der Waals surface area (Å²) in [5.74, 6) is -2.27. The lowest BCUT2D eigenvalue weighted by Crippen LogP contribution is -2.26. The van der Waals surface area contributed by atoms with Crippen LogP contribution in [-0.4, -0.2) is 26.4 Å². The molecule has 2 N–H and O–H groups in total.